The molecule has 1 aromatic heterocycles. The van der Waals surface area contributed by atoms with Crippen LogP contribution in [0.25, 0.3) is 21.9 Å². The van der Waals surface area contributed by atoms with Gasteiger partial charge in [-0.25, -0.2) is 9.67 Å². The van der Waals surface area contributed by atoms with Gasteiger partial charge < -0.3 is 0 Å². The Labute approximate surface area is 198 Å². The summed E-state index contributed by atoms with van der Waals surface area (Å²) in [4.78, 5) is 5.20. The van der Waals surface area contributed by atoms with Gasteiger partial charge in [-0.3, -0.25) is 0 Å². The summed E-state index contributed by atoms with van der Waals surface area (Å²) in [5, 5.41) is 8.14. The van der Waals surface area contributed by atoms with E-state index in [-0.39, 0.29) is 6.04 Å². The van der Waals surface area contributed by atoms with Crippen molar-refractivity contribution in [2.24, 2.45) is 4.99 Å². The minimum absolute atomic E-state index is 0.0833. The molecule has 0 saturated carbocycles. The Morgan fingerprint density at radius 3 is 2.27 bits per heavy atom. The van der Waals surface area contributed by atoms with Gasteiger partial charge in [-0.1, -0.05) is 90.5 Å². The Hall–Kier alpha value is -3.69. The van der Waals surface area contributed by atoms with Gasteiger partial charge in [0.25, 0.3) is 0 Å². The topological polar surface area (TPSA) is 30.2 Å². The van der Waals surface area contributed by atoms with E-state index in [1.807, 2.05) is 24.3 Å². The van der Waals surface area contributed by atoms with Crippen LogP contribution in [0.15, 0.2) is 102 Å². The van der Waals surface area contributed by atoms with E-state index in [0.717, 1.165) is 45.4 Å². The summed E-state index contributed by atoms with van der Waals surface area (Å²) < 4.78 is 2.10. The van der Waals surface area contributed by atoms with Crippen LogP contribution in [0.5, 0.6) is 0 Å². The van der Waals surface area contributed by atoms with Gasteiger partial charge in [0.1, 0.15) is 0 Å². The maximum absolute atomic E-state index is 6.16. The molecule has 4 aromatic carbocycles. The van der Waals surface area contributed by atoms with Crippen LogP contribution in [-0.4, -0.2) is 15.5 Å². The van der Waals surface area contributed by atoms with Crippen LogP contribution in [0.3, 0.4) is 0 Å². The highest BCUT2D eigenvalue weighted by Gasteiger charge is 2.29. The zero-order chi connectivity index (χ0) is 22.4. The van der Waals surface area contributed by atoms with Crippen molar-refractivity contribution >= 4 is 33.9 Å². The molecule has 0 fully saturated rings. The molecule has 0 aliphatic carbocycles. The minimum Gasteiger partial charge on any atom is -0.239 e. The molecule has 1 aliphatic rings. The zero-order valence-corrected chi connectivity index (χ0v) is 19.0. The predicted octanol–water partition coefficient (Wildman–Crippen LogP) is 7.78. The zero-order valence-electron chi connectivity index (χ0n) is 18.2. The predicted molar refractivity (Wildman–Crippen MR) is 137 cm³/mol. The first-order valence-corrected chi connectivity index (χ1v) is 11.5. The van der Waals surface area contributed by atoms with Crippen LogP contribution in [0, 0.1) is 6.92 Å². The van der Waals surface area contributed by atoms with Crippen LogP contribution < -0.4 is 0 Å². The fraction of sp³-hybridized carbons (Fsp3) is 0.103. The molecular weight excluding hydrogens is 426 g/mol. The fourth-order valence-electron chi connectivity index (χ4n) is 4.74. The number of hydrogen-bond donors (Lipinski definition) is 0. The Morgan fingerprint density at radius 1 is 0.788 bits per heavy atom. The highest BCUT2D eigenvalue weighted by molar-refractivity contribution is 6.30. The molecule has 5 aromatic rings. The molecule has 0 bridgehead atoms. The van der Waals surface area contributed by atoms with Crippen molar-refractivity contribution in [3.63, 3.8) is 0 Å². The van der Waals surface area contributed by atoms with Crippen LogP contribution >= 0.6 is 11.6 Å². The Balaban J connectivity index is 1.56. The average molecular weight is 448 g/mol. The summed E-state index contributed by atoms with van der Waals surface area (Å²) in [6, 6.07) is 33.7. The Morgan fingerprint density at radius 2 is 1.48 bits per heavy atom. The maximum Gasteiger partial charge on any atom is 0.159 e. The van der Waals surface area contributed by atoms with E-state index in [1.54, 1.807) is 0 Å². The van der Waals surface area contributed by atoms with E-state index in [2.05, 4.69) is 84.4 Å². The Kier molecular flexibility index (Phi) is 4.85. The number of nitrogens with zero attached hydrogens (tertiary/aromatic N) is 3. The first kappa shape index (κ1) is 20.0. The van der Waals surface area contributed by atoms with Crippen LogP contribution in [-0.2, 0) is 0 Å². The molecule has 1 aliphatic heterocycles. The van der Waals surface area contributed by atoms with Gasteiger partial charge in [0.15, 0.2) is 5.82 Å². The second-order valence-corrected chi connectivity index (χ2v) is 8.92. The van der Waals surface area contributed by atoms with E-state index >= 15 is 0 Å². The molecule has 33 heavy (non-hydrogen) atoms. The molecule has 0 radical (unpaired) electrons. The molecule has 3 nitrogen and oxygen atoms in total. The monoisotopic (exact) mass is 447 g/mol. The van der Waals surface area contributed by atoms with E-state index in [4.69, 9.17) is 21.7 Å². The second-order valence-electron chi connectivity index (χ2n) is 8.49. The quantitative estimate of drug-likeness (QED) is 0.277. The molecule has 160 valence electrons. The maximum atomic E-state index is 6.16. The molecule has 0 saturated heterocycles. The number of aliphatic imine (C=N–C) groups is 1. The van der Waals surface area contributed by atoms with Crippen molar-refractivity contribution in [1.82, 2.24) is 9.78 Å². The molecule has 2 heterocycles. The summed E-state index contributed by atoms with van der Waals surface area (Å²) in [5.41, 5.74) is 6.58. The van der Waals surface area contributed by atoms with Gasteiger partial charge in [-0.2, -0.15) is 5.10 Å². The fourth-order valence-corrected chi connectivity index (χ4v) is 4.87. The lowest BCUT2D eigenvalue weighted by Gasteiger charge is -2.25. The van der Waals surface area contributed by atoms with Gasteiger partial charge in [-0.05, 0) is 52.6 Å². The molecule has 0 spiro atoms. The van der Waals surface area contributed by atoms with Gasteiger partial charge in [0.2, 0.25) is 0 Å². The van der Waals surface area contributed by atoms with Crippen molar-refractivity contribution in [1.29, 1.82) is 0 Å². The van der Waals surface area contributed by atoms with E-state index in [1.165, 1.54) is 16.3 Å². The van der Waals surface area contributed by atoms with Crippen molar-refractivity contribution in [2.75, 3.05) is 0 Å². The number of rotatable bonds is 3. The number of fused-ring (bicyclic) bond motifs is 2. The molecule has 4 heteroatoms. The third-order valence-electron chi connectivity index (χ3n) is 6.38. The highest BCUT2D eigenvalue weighted by atomic mass is 35.5. The lowest BCUT2D eigenvalue weighted by molar-refractivity contribution is 0.529. The van der Waals surface area contributed by atoms with E-state index < -0.39 is 0 Å². The number of aromatic nitrogens is 2. The summed E-state index contributed by atoms with van der Waals surface area (Å²) in [5.74, 6) is 0.901. The first-order chi connectivity index (χ1) is 16.2. The van der Waals surface area contributed by atoms with E-state index in [0.29, 0.717) is 0 Å². The largest absolute Gasteiger partial charge is 0.239 e. The van der Waals surface area contributed by atoms with Crippen molar-refractivity contribution in [2.45, 2.75) is 19.4 Å². The molecule has 0 amide bonds. The van der Waals surface area contributed by atoms with Crippen molar-refractivity contribution in [3.05, 3.63) is 119 Å². The number of aryl methyl sites for hydroxylation is 1. The molecule has 0 N–H and O–H groups in total. The molecular formula is C29H22ClN3. The molecule has 6 rings (SSSR count). The van der Waals surface area contributed by atoms with Gasteiger partial charge in [-0.15, -0.1) is 0 Å². The van der Waals surface area contributed by atoms with Gasteiger partial charge in [0.05, 0.1) is 17.4 Å². The second kappa shape index (κ2) is 8.02. The summed E-state index contributed by atoms with van der Waals surface area (Å²) >= 11 is 6.16. The first-order valence-electron chi connectivity index (χ1n) is 11.1. The van der Waals surface area contributed by atoms with E-state index in [9.17, 15) is 0 Å². The van der Waals surface area contributed by atoms with Crippen molar-refractivity contribution in [3.8, 4) is 11.1 Å². The van der Waals surface area contributed by atoms with Gasteiger partial charge in [0, 0.05) is 17.0 Å². The minimum atomic E-state index is 0.0833. The lowest BCUT2D eigenvalue weighted by atomic mass is 9.94. The third-order valence-corrected chi connectivity index (χ3v) is 6.63. The molecule has 1 atom stereocenters. The number of halogens is 1. The summed E-state index contributed by atoms with van der Waals surface area (Å²) in [6.45, 7) is 2.06. The number of hydrogen-bond acceptors (Lipinski definition) is 2. The average Bonchev–Trinajstić information content (AvgIpc) is 3.20. The lowest BCUT2D eigenvalue weighted by Crippen LogP contribution is -2.21. The van der Waals surface area contributed by atoms with Crippen molar-refractivity contribution < 1.29 is 0 Å². The number of benzene rings is 4. The van der Waals surface area contributed by atoms with Gasteiger partial charge >= 0.3 is 0 Å². The van der Waals surface area contributed by atoms with Crippen LogP contribution in [0.4, 0.5) is 5.82 Å². The molecule has 0 unspecified atom stereocenters. The van der Waals surface area contributed by atoms with Crippen LogP contribution in [0.2, 0.25) is 5.02 Å². The smallest absolute Gasteiger partial charge is 0.159 e. The SMILES string of the molecule is Cc1nn2c(c1-c1ccc(Cl)cc1)N=C(c1ccc3ccccc3c1)C[C@H]2c1ccccc1. The Bertz CT molecular complexity index is 1500. The van der Waals surface area contributed by atoms with Crippen LogP contribution in [0.1, 0.15) is 29.3 Å². The normalized spacial score (nSPS) is 15.3. The summed E-state index contributed by atoms with van der Waals surface area (Å²) in [7, 11) is 0. The third kappa shape index (κ3) is 3.55. The standard InChI is InChI=1S/C29H22ClN3/c1-19-28(22-13-15-25(30)16-14-22)29-31-26(24-12-11-20-7-5-6-10-23(20)17-24)18-27(33(29)32-19)21-8-3-2-4-9-21/h2-17,27H,18H2,1H3/t27-/m0/s1. The summed E-state index contributed by atoms with van der Waals surface area (Å²) in [6.07, 6.45) is 0.788. The highest BCUT2D eigenvalue weighted by Crippen LogP contribution is 2.42.